The van der Waals surface area contributed by atoms with Gasteiger partial charge < -0.3 is 19.9 Å². The Bertz CT molecular complexity index is 589. The molecule has 1 atom stereocenters. The number of ether oxygens (including phenoxy) is 1. The van der Waals surface area contributed by atoms with Crippen molar-refractivity contribution in [2.75, 3.05) is 46.9 Å². The zero-order chi connectivity index (χ0) is 18.9. The lowest BCUT2D eigenvalue weighted by Gasteiger charge is -2.24. The van der Waals surface area contributed by atoms with Crippen molar-refractivity contribution in [1.29, 1.82) is 0 Å². The summed E-state index contributed by atoms with van der Waals surface area (Å²) in [5, 5.41) is 3.42. The molecule has 0 radical (unpaired) electrons. The highest BCUT2D eigenvalue weighted by molar-refractivity contribution is 5.80. The van der Waals surface area contributed by atoms with E-state index < -0.39 is 0 Å². The van der Waals surface area contributed by atoms with Gasteiger partial charge in [0.1, 0.15) is 5.82 Å². The number of halogens is 1. The summed E-state index contributed by atoms with van der Waals surface area (Å²) in [4.78, 5) is 9.25. The van der Waals surface area contributed by atoms with E-state index in [-0.39, 0.29) is 12.4 Å². The second-order valence-electron chi connectivity index (χ2n) is 6.85. The number of nitrogens with one attached hydrogen (secondary N) is 1. The summed E-state index contributed by atoms with van der Waals surface area (Å²) in [6.45, 7) is 10.8. The van der Waals surface area contributed by atoms with E-state index in [1.54, 1.807) is 7.11 Å². The maximum absolute atomic E-state index is 13.7. The van der Waals surface area contributed by atoms with Crippen molar-refractivity contribution in [3.63, 3.8) is 0 Å². The molecule has 0 spiro atoms. The SMILES string of the molecule is CCN(CC)CC1CCN(C(=NC)NCc2ccc(F)c(COC)c2)C1. The molecule has 5 nitrogen and oxygen atoms in total. The van der Waals surface area contributed by atoms with Crippen molar-refractivity contribution >= 4 is 5.96 Å². The van der Waals surface area contributed by atoms with Gasteiger partial charge in [-0.1, -0.05) is 19.9 Å². The first kappa shape index (κ1) is 20.6. The number of hydrogen-bond acceptors (Lipinski definition) is 3. The normalized spacial score (nSPS) is 18.0. The van der Waals surface area contributed by atoms with Crippen LogP contribution in [0.15, 0.2) is 23.2 Å². The first-order valence-electron chi connectivity index (χ1n) is 9.55. The minimum atomic E-state index is -0.223. The maximum Gasteiger partial charge on any atom is 0.193 e. The molecular formula is C20H33FN4O. The first-order chi connectivity index (χ1) is 12.6. The third-order valence-electron chi connectivity index (χ3n) is 5.07. The Morgan fingerprint density at radius 3 is 2.81 bits per heavy atom. The molecule has 0 bridgehead atoms. The van der Waals surface area contributed by atoms with Crippen LogP contribution >= 0.6 is 0 Å². The first-order valence-corrected chi connectivity index (χ1v) is 9.55. The molecule has 1 heterocycles. The van der Waals surface area contributed by atoms with E-state index in [1.807, 2.05) is 19.2 Å². The fourth-order valence-electron chi connectivity index (χ4n) is 3.54. The van der Waals surface area contributed by atoms with Crippen molar-refractivity contribution in [2.45, 2.75) is 33.4 Å². The lowest BCUT2D eigenvalue weighted by atomic mass is 10.1. The van der Waals surface area contributed by atoms with Crippen LogP contribution in [-0.4, -0.2) is 62.6 Å². The molecule has 1 fully saturated rings. The fraction of sp³-hybridized carbons (Fsp3) is 0.650. The number of aliphatic imine (C=N–C) groups is 1. The summed E-state index contributed by atoms with van der Waals surface area (Å²) < 4.78 is 18.8. The van der Waals surface area contributed by atoms with Gasteiger partial charge in [-0.05, 0) is 43.1 Å². The summed E-state index contributed by atoms with van der Waals surface area (Å²) >= 11 is 0. The van der Waals surface area contributed by atoms with E-state index in [0.717, 1.165) is 44.2 Å². The quantitative estimate of drug-likeness (QED) is 0.569. The second kappa shape index (κ2) is 10.5. The highest BCUT2D eigenvalue weighted by Crippen LogP contribution is 2.18. The second-order valence-corrected chi connectivity index (χ2v) is 6.85. The van der Waals surface area contributed by atoms with Crippen LogP contribution in [0.2, 0.25) is 0 Å². The van der Waals surface area contributed by atoms with Crippen molar-refractivity contribution in [2.24, 2.45) is 10.9 Å². The number of likely N-dealkylation sites (tertiary alicyclic amines) is 1. The van der Waals surface area contributed by atoms with Crippen molar-refractivity contribution < 1.29 is 9.13 Å². The molecule has 1 aliphatic rings. The van der Waals surface area contributed by atoms with E-state index in [1.165, 1.54) is 12.5 Å². The molecule has 26 heavy (non-hydrogen) atoms. The van der Waals surface area contributed by atoms with Gasteiger partial charge in [-0.25, -0.2) is 4.39 Å². The lowest BCUT2D eigenvalue weighted by molar-refractivity contribution is 0.181. The zero-order valence-corrected chi connectivity index (χ0v) is 16.6. The largest absolute Gasteiger partial charge is 0.380 e. The van der Waals surface area contributed by atoms with E-state index in [2.05, 4.69) is 34.0 Å². The van der Waals surface area contributed by atoms with E-state index in [0.29, 0.717) is 18.0 Å². The zero-order valence-electron chi connectivity index (χ0n) is 16.6. The molecule has 6 heteroatoms. The predicted octanol–water partition coefficient (Wildman–Crippen LogP) is 2.71. The fourth-order valence-corrected chi connectivity index (χ4v) is 3.54. The molecule has 1 aliphatic heterocycles. The van der Waals surface area contributed by atoms with Gasteiger partial charge in [-0.15, -0.1) is 0 Å². The number of methoxy groups -OCH3 is 1. The van der Waals surface area contributed by atoms with Gasteiger partial charge in [0.15, 0.2) is 5.96 Å². The van der Waals surface area contributed by atoms with Crippen LogP contribution in [-0.2, 0) is 17.9 Å². The van der Waals surface area contributed by atoms with Crippen LogP contribution in [0, 0.1) is 11.7 Å². The molecule has 0 saturated carbocycles. The third kappa shape index (κ3) is 5.68. The monoisotopic (exact) mass is 364 g/mol. The average molecular weight is 365 g/mol. The average Bonchev–Trinajstić information content (AvgIpc) is 3.11. The topological polar surface area (TPSA) is 40.1 Å². The molecule has 0 aliphatic carbocycles. The van der Waals surface area contributed by atoms with Crippen LogP contribution in [0.3, 0.4) is 0 Å². The molecule has 0 amide bonds. The Morgan fingerprint density at radius 2 is 2.15 bits per heavy atom. The van der Waals surface area contributed by atoms with Crippen LogP contribution in [0.5, 0.6) is 0 Å². The highest BCUT2D eigenvalue weighted by atomic mass is 19.1. The van der Waals surface area contributed by atoms with Gasteiger partial charge in [0.05, 0.1) is 6.61 Å². The third-order valence-corrected chi connectivity index (χ3v) is 5.07. The number of guanidine groups is 1. The van der Waals surface area contributed by atoms with Crippen molar-refractivity contribution in [3.05, 3.63) is 35.1 Å². The van der Waals surface area contributed by atoms with Crippen LogP contribution in [0.1, 0.15) is 31.4 Å². The molecule has 1 unspecified atom stereocenters. The Morgan fingerprint density at radius 1 is 1.38 bits per heavy atom. The van der Waals surface area contributed by atoms with E-state index in [4.69, 9.17) is 4.74 Å². The van der Waals surface area contributed by atoms with Gasteiger partial charge in [0, 0.05) is 45.9 Å². The molecule has 2 rings (SSSR count). The van der Waals surface area contributed by atoms with E-state index >= 15 is 0 Å². The van der Waals surface area contributed by atoms with E-state index in [9.17, 15) is 4.39 Å². The van der Waals surface area contributed by atoms with Crippen LogP contribution < -0.4 is 5.32 Å². The van der Waals surface area contributed by atoms with Gasteiger partial charge in [-0.3, -0.25) is 4.99 Å². The minimum absolute atomic E-state index is 0.223. The summed E-state index contributed by atoms with van der Waals surface area (Å²) in [5.41, 5.74) is 1.61. The number of hydrogen-bond donors (Lipinski definition) is 1. The summed E-state index contributed by atoms with van der Waals surface area (Å²) in [5.74, 6) is 1.39. The Balaban J connectivity index is 1.89. The van der Waals surface area contributed by atoms with Gasteiger partial charge >= 0.3 is 0 Å². The molecule has 146 valence electrons. The molecule has 0 aromatic heterocycles. The predicted molar refractivity (Wildman–Crippen MR) is 105 cm³/mol. The molecule has 1 aromatic rings. The summed E-state index contributed by atoms with van der Waals surface area (Å²) in [6.07, 6.45) is 1.20. The Kier molecular flexibility index (Phi) is 8.32. The Labute approximate surface area is 157 Å². The van der Waals surface area contributed by atoms with Crippen molar-refractivity contribution in [3.8, 4) is 0 Å². The Hall–Kier alpha value is -1.66. The standard InChI is InChI=1S/C20H33FN4O/c1-5-24(6-2)13-17-9-10-25(14-17)20(22-3)23-12-16-7-8-19(21)18(11-16)15-26-4/h7-8,11,17H,5-6,9-10,12-15H2,1-4H3,(H,22,23). The smallest absolute Gasteiger partial charge is 0.193 e. The highest BCUT2D eigenvalue weighted by Gasteiger charge is 2.25. The maximum atomic E-state index is 13.7. The van der Waals surface area contributed by atoms with Crippen LogP contribution in [0.25, 0.3) is 0 Å². The van der Waals surface area contributed by atoms with Gasteiger partial charge in [-0.2, -0.15) is 0 Å². The number of benzene rings is 1. The van der Waals surface area contributed by atoms with Gasteiger partial charge in [0.25, 0.3) is 0 Å². The lowest BCUT2D eigenvalue weighted by Crippen LogP contribution is -2.40. The van der Waals surface area contributed by atoms with Gasteiger partial charge in [0.2, 0.25) is 0 Å². The summed E-state index contributed by atoms with van der Waals surface area (Å²) in [6, 6.07) is 5.16. The number of rotatable bonds is 8. The molecule has 1 aromatic carbocycles. The number of nitrogens with zero attached hydrogens (tertiary/aromatic N) is 3. The summed E-state index contributed by atoms with van der Waals surface area (Å²) in [7, 11) is 3.40. The minimum Gasteiger partial charge on any atom is -0.380 e. The molecule has 1 N–H and O–H groups in total. The van der Waals surface area contributed by atoms with Crippen LogP contribution in [0.4, 0.5) is 4.39 Å². The van der Waals surface area contributed by atoms with Crippen molar-refractivity contribution in [1.82, 2.24) is 15.1 Å². The molecular weight excluding hydrogens is 331 g/mol. The molecule has 1 saturated heterocycles.